The lowest BCUT2D eigenvalue weighted by molar-refractivity contribution is -0.131. The Bertz CT molecular complexity index is 397. The van der Waals surface area contributed by atoms with E-state index in [2.05, 4.69) is 27.2 Å². The summed E-state index contributed by atoms with van der Waals surface area (Å²) >= 11 is 0. The molecule has 1 aromatic rings. The summed E-state index contributed by atoms with van der Waals surface area (Å²) in [5.74, 6) is 0.505. The van der Waals surface area contributed by atoms with Gasteiger partial charge in [0, 0.05) is 25.5 Å². The van der Waals surface area contributed by atoms with Gasteiger partial charge in [0.05, 0.1) is 6.61 Å². The molecule has 1 unspecified atom stereocenters. The standard InChI is InChI=1S/C14H22N4O2/c1-3-4-11-20-12(2)13(19)15-7-5-8-16-14-17-9-6-10-18-14/h3,6,9-10,12H,1,4-5,7-8,11H2,2H3,(H,15,19)(H,16,17,18). The van der Waals surface area contributed by atoms with Crippen LogP contribution in [0.3, 0.4) is 0 Å². The summed E-state index contributed by atoms with van der Waals surface area (Å²) in [5.41, 5.74) is 0. The smallest absolute Gasteiger partial charge is 0.248 e. The third-order valence-corrected chi connectivity index (χ3v) is 2.56. The molecule has 1 rings (SSSR count). The lowest BCUT2D eigenvalue weighted by atomic mass is 10.3. The molecular weight excluding hydrogens is 256 g/mol. The molecule has 0 aliphatic heterocycles. The lowest BCUT2D eigenvalue weighted by Gasteiger charge is -2.12. The molecule has 1 heterocycles. The summed E-state index contributed by atoms with van der Waals surface area (Å²) in [4.78, 5) is 19.8. The molecule has 0 aromatic carbocycles. The van der Waals surface area contributed by atoms with Gasteiger partial charge in [-0.1, -0.05) is 6.08 Å². The molecule has 0 aliphatic rings. The molecule has 0 bridgehead atoms. The molecule has 0 saturated carbocycles. The minimum atomic E-state index is -0.430. The summed E-state index contributed by atoms with van der Waals surface area (Å²) in [6.45, 7) is 7.16. The molecule has 0 fully saturated rings. The number of carbonyl (C=O) groups excluding carboxylic acids is 1. The fraction of sp³-hybridized carbons (Fsp3) is 0.500. The fourth-order valence-electron chi connectivity index (χ4n) is 1.44. The van der Waals surface area contributed by atoms with Crippen LogP contribution in [0, 0.1) is 0 Å². The zero-order valence-corrected chi connectivity index (χ0v) is 11.8. The maximum absolute atomic E-state index is 11.7. The van der Waals surface area contributed by atoms with Gasteiger partial charge in [0.2, 0.25) is 11.9 Å². The van der Waals surface area contributed by atoms with E-state index in [0.717, 1.165) is 12.8 Å². The van der Waals surface area contributed by atoms with Crippen LogP contribution in [0.1, 0.15) is 19.8 Å². The van der Waals surface area contributed by atoms with Gasteiger partial charge in [-0.2, -0.15) is 0 Å². The molecule has 0 saturated heterocycles. The van der Waals surface area contributed by atoms with Gasteiger partial charge >= 0.3 is 0 Å². The highest BCUT2D eigenvalue weighted by Crippen LogP contribution is 1.95. The van der Waals surface area contributed by atoms with Crippen molar-refractivity contribution in [2.24, 2.45) is 0 Å². The SMILES string of the molecule is C=CCCOC(C)C(=O)NCCCNc1ncccn1. The van der Waals surface area contributed by atoms with Crippen LogP contribution in [0.4, 0.5) is 5.95 Å². The van der Waals surface area contributed by atoms with Gasteiger partial charge in [-0.05, 0) is 25.8 Å². The van der Waals surface area contributed by atoms with Gasteiger partial charge in [0.15, 0.2) is 0 Å². The number of amides is 1. The number of aromatic nitrogens is 2. The number of ether oxygens (including phenoxy) is 1. The number of anilines is 1. The minimum absolute atomic E-state index is 0.0926. The lowest BCUT2D eigenvalue weighted by Crippen LogP contribution is -2.35. The Labute approximate surface area is 119 Å². The fourth-order valence-corrected chi connectivity index (χ4v) is 1.44. The van der Waals surface area contributed by atoms with Crippen LogP contribution in [0.5, 0.6) is 0 Å². The van der Waals surface area contributed by atoms with Gasteiger partial charge in [-0.15, -0.1) is 6.58 Å². The van der Waals surface area contributed by atoms with Crippen LogP contribution in [-0.4, -0.2) is 41.7 Å². The second-order valence-corrected chi connectivity index (χ2v) is 4.23. The maximum Gasteiger partial charge on any atom is 0.248 e. The second kappa shape index (κ2) is 9.91. The molecule has 1 aromatic heterocycles. The summed E-state index contributed by atoms with van der Waals surface area (Å²) in [7, 11) is 0. The van der Waals surface area contributed by atoms with Crippen LogP contribution in [0.25, 0.3) is 0 Å². The molecule has 0 radical (unpaired) electrons. The zero-order chi connectivity index (χ0) is 14.6. The van der Waals surface area contributed by atoms with E-state index in [1.54, 1.807) is 31.5 Å². The summed E-state index contributed by atoms with van der Waals surface area (Å²) < 4.78 is 5.35. The summed E-state index contributed by atoms with van der Waals surface area (Å²) in [6, 6.07) is 1.76. The van der Waals surface area contributed by atoms with Crippen LogP contribution >= 0.6 is 0 Å². The van der Waals surface area contributed by atoms with Crippen molar-refractivity contribution in [1.29, 1.82) is 0 Å². The van der Waals surface area contributed by atoms with Crippen molar-refractivity contribution in [1.82, 2.24) is 15.3 Å². The average molecular weight is 278 g/mol. The Morgan fingerprint density at radius 2 is 2.20 bits per heavy atom. The average Bonchev–Trinajstić information content (AvgIpc) is 2.48. The van der Waals surface area contributed by atoms with Crippen LogP contribution in [-0.2, 0) is 9.53 Å². The molecule has 20 heavy (non-hydrogen) atoms. The first-order chi connectivity index (χ1) is 9.74. The predicted molar refractivity (Wildman–Crippen MR) is 78.4 cm³/mol. The van der Waals surface area contributed by atoms with Gasteiger partial charge in [0.1, 0.15) is 6.10 Å². The van der Waals surface area contributed by atoms with Gasteiger partial charge in [-0.3, -0.25) is 4.79 Å². The van der Waals surface area contributed by atoms with E-state index in [4.69, 9.17) is 4.74 Å². The molecule has 6 heteroatoms. The normalized spacial score (nSPS) is 11.7. The van der Waals surface area contributed by atoms with Gasteiger partial charge < -0.3 is 15.4 Å². The molecule has 6 nitrogen and oxygen atoms in total. The highest BCUT2D eigenvalue weighted by molar-refractivity contribution is 5.80. The largest absolute Gasteiger partial charge is 0.368 e. The van der Waals surface area contributed by atoms with Gasteiger partial charge in [0.25, 0.3) is 0 Å². The Balaban J connectivity index is 2.05. The molecule has 110 valence electrons. The first kappa shape index (κ1) is 16.1. The van der Waals surface area contributed by atoms with Crippen LogP contribution < -0.4 is 10.6 Å². The number of carbonyl (C=O) groups is 1. The van der Waals surface area contributed by atoms with Crippen molar-refractivity contribution in [2.75, 3.05) is 25.0 Å². The van der Waals surface area contributed by atoms with Crippen molar-refractivity contribution < 1.29 is 9.53 Å². The van der Waals surface area contributed by atoms with Crippen LogP contribution in [0.15, 0.2) is 31.1 Å². The Morgan fingerprint density at radius 1 is 1.45 bits per heavy atom. The molecule has 2 N–H and O–H groups in total. The van der Waals surface area contributed by atoms with Crippen molar-refractivity contribution >= 4 is 11.9 Å². The summed E-state index contributed by atoms with van der Waals surface area (Å²) in [5, 5.41) is 5.90. The maximum atomic E-state index is 11.7. The van der Waals surface area contributed by atoms with E-state index in [1.807, 2.05) is 0 Å². The minimum Gasteiger partial charge on any atom is -0.368 e. The monoisotopic (exact) mass is 278 g/mol. The highest BCUT2D eigenvalue weighted by atomic mass is 16.5. The number of hydrogen-bond acceptors (Lipinski definition) is 5. The Kier molecular flexibility index (Phi) is 7.98. The zero-order valence-electron chi connectivity index (χ0n) is 11.8. The third kappa shape index (κ3) is 6.84. The van der Waals surface area contributed by atoms with Crippen molar-refractivity contribution in [3.05, 3.63) is 31.1 Å². The number of rotatable bonds is 10. The first-order valence-electron chi connectivity index (χ1n) is 6.75. The van der Waals surface area contributed by atoms with Crippen molar-refractivity contribution in [3.8, 4) is 0 Å². The highest BCUT2D eigenvalue weighted by Gasteiger charge is 2.11. The Hall–Kier alpha value is -1.95. The van der Waals surface area contributed by atoms with E-state index in [0.29, 0.717) is 25.6 Å². The van der Waals surface area contributed by atoms with E-state index in [9.17, 15) is 4.79 Å². The van der Waals surface area contributed by atoms with E-state index in [1.165, 1.54) is 0 Å². The topological polar surface area (TPSA) is 76.1 Å². The number of nitrogens with zero attached hydrogens (tertiary/aromatic N) is 2. The quantitative estimate of drug-likeness (QED) is 0.499. The van der Waals surface area contributed by atoms with Crippen LogP contribution in [0.2, 0.25) is 0 Å². The number of nitrogens with one attached hydrogen (secondary N) is 2. The summed E-state index contributed by atoms with van der Waals surface area (Å²) in [6.07, 6.45) is 6.24. The third-order valence-electron chi connectivity index (χ3n) is 2.56. The number of hydrogen-bond donors (Lipinski definition) is 2. The second-order valence-electron chi connectivity index (χ2n) is 4.23. The van der Waals surface area contributed by atoms with Crippen molar-refractivity contribution in [3.63, 3.8) is 0 Å². The molecule has 1 atom stereocenters. The first-order valence-corrected chi connectivity index (χ1v) is 6.75. The van der Waals surface area contributed by atoms with E-state index < -0.39 is 6.10 Å². The predicted octanol–water partition coefficient (Wildman–Crippen LogP) is 1.38. The van der Waals surface area contributed by atoms with E-state index in [-0.39, 0.29) is 5.91 Å². The molecule has 0 spiro atoms. The molecule has 1 amide bonds. The molecule has 0 aliphatic carbocycles. The van der Waals surface area contributed by atoms with Crippen molar-refractivity contribution in [2.45, 2.75) is 25.9 Å². The van der Waals surface area contributed by atoms with E-state index >= 15 is 0 Å². The van der Waals surface area contributed by atoms with Gasteiger partial charge in [-0.25, -0.2) is 9.97 Å². The Morgan fingerprint density at radius 3 is 2.90 bits per heavy atom. The molecular formula is C14H22N4O2.